The Balaban J connectivity index is 2.04. The molecule has 0 bridgehead atoms. The largest absolute Gasteiger partial charge is 0.352 e. The Labute approximate surface area is 244 Å². The Morgan fingerprint density at radius 2 is 1.46 bits per heavy atom. The lowest BCUT2D eigenvalue weighted by Gasteiger charge is -2.32. The molecule has 0 aliphatic heterocycles. The van der Waals surface area contributed by atoms with Crippen molar-refractivity contribution in [3.63, 3.8) is 0 Å². The van der Waals surface area contributed by atoms with Gasteiger partial charge < -0.3 is 10.2 Å². The van der Waals surface area contributed by atoms with E-state index in [9.17, 15) is 18.0 Å². The van der Waals surface area contributed by atoms with E-state index in [1.165, 1.54) is 29.2 Å². The average Bonchev–Trinajstić information content (AvgIpc) is 2.91. The number of hydrogen-bond donors (Lipinski definition) is 1. The van der Waals surface area contributed by atoms with Gasteiger partial charge in [-0.2, -0.15) is 0 Å². The molecule has 39 heavy (non-hydrogen) atoms. The summed E-state index contributed by atoms with van der Waals surface area (Å²) >= 11 is 18.8. The summed E-state index contributed by atoms with van der Waals surface area (Å²) in [6.07, 6.45) is 0.698. The minimum absolute atomic E-state index is 0.0354. The number of anilines is 1. The Kier molecular flexibility index (Phi) is 10.7. The molecule has 0 saturated heterocycles. The van der Waals surface area contributed by atoms with Gasteiger partial charge in [0.25, 0.3) is 10.0 Å². The van der Waals surface area contributed by atoms with E-state index < -0.39 is 28.5 Å². The van der Waals surface area contributed by atoms with Crippen LogP contribution >= 0.6 is 34.8 Å². The highest BCUT2D eigenvalue weighted by atomic mass is 35.5. The predicted octanol–water partition coefficient (Wildman–Crippen LogP) is 6.17. The van der Waals surface area contributed by atoms with Crippen LogP contribution in [0.3, 0.4) is 0 Å². The summed E-state index contributed by atoms with van der Waals surface area (Å²) in [6, 6.07) is 17.8. The minimum atomic E-state index is -4.18. The summed E-state index contributed by atoms with van der Waals surface area (Å²) in [5, 5.41) is 3.90. The number of nitrogens with zero attached hydrogens (tertiary/aromatic N) is 2. The Hall–Kier alpha value is -2.78. The first-order valence-corrected chi connectivity index (χ1v) is 14.9. The molecule has 0 unspecified atom stereocenters. The molecule has 0 aliphatic rings. The number of para-hydroxylation sites is 1. The smallest absolute Gasteiger partial charge is 0.264 e. The van der Waals surface area contributed by atoms with Crippen molar-refractivity contribution in [3.8, 4) is 0 Å². The van der Waals surface area contributed by atoms with Crippen LogP contribution in [0.15, 0.2) is 77.7 Å². The van der Waals surface area contributed by atoms with E-state index in [1.54, 1.807) is 55.5 Å². The van der Waals surface area contributed by atoms with Crippen molar-refractivity contribution in [3.05, 3.63) is 93.4 Å². The van der Waals surface area contributed by atoms with Crippen molar-refractivity contribution in [2.75, 3.05) is 10.8 Å². The van der Waals surface area contributed by atoms with Gasteiger partial charge in [0, 0.05) is 33.2 Å². The molecule has 0 aliphatic carbocycles. The molecule has 0 radical (unpaired) electrons. The first-order chi connectivity index (χ1) is 18.4. The molecule has 2 atom stereocenters. The Morgan fingerprint density at radius 3 is 2.03 bits per heavy atom. The second-order valence-corrected chi connectivity index (χ2v) is 12.1. The molecule has 0 saturated carbocycles. The third-order valence-electron chi connectivity index (χ3n) is 6.28. The molecule has 11 heteroatoms. The van der Waals surface area contributed by atoms with Gasteiger partial charge in [0.1, 0.15) is 12.6 Å². The summed E-state index contributed by atoms with van der Waals surface area (Å²) in [5.74, 6) is -0.994. The maximum absolute atomic E-state index is 13.9. The summed E-state index contributed by atoms with van der Waals surface area (Å²) in [5.41, 5.74) is 0.734. The highest BCUT2D eigenvalue weighted by Crippen LogP contribution is 2.28. The van der Waals surface area contributed by atoms with Crippen LogP contribution in [0.1, 0.15) is 32.8 Å². The van der Waals surface area contributed by atoms with Crippen molar-refractivity contribution >= 4 is 62.3 Å². The van der Waals surface area contributed by atoms with Gasteiger partial charge in [-0.25, -0.2) is 8.42 Å². The lowest BCUT2D eigenvalue weighted by Crippen LogP contribution is -2.52. The van der Waals surface area contributed by atoms with Gasteiger partial charge in [0.2, 0.25) is 11.8 Å². The van der Waals surface area contributed by atoms with Gasteiger partial charge in [0.05, 0.1) is 10.6 Å². The second kappa shape index (κ2) is 13.5. The van der Waals surface area contributed by atoms with E-state index in [0.717, 1.165) is 4.31 Å². The monoisotopic (exact) mass is 609 g/mol. The number of rotatable bonds is 11. The van der Waals surface area contributed by atoms with Gasteiger partial charge in [0.15, 0.2) is 0 Å². The van der Waals surface area contributed by atoms with E-state index in [1.807, 2.05) is 13.8 Å². The fourth-order valence-corrected chi connectivity index (χ4v) is 5.82. The highest BCUT2D eigenvalue weighted by molar-refractivity contribution is 7.92. The number of amides is 2. The first kappa shape index (κ1) is 30.8. The maximum atomic E-state index is 13.9. The normalized spacial score (nSPS) is 12.9. The molecule has 3 rings (SSSR count). The van der Waals surface area contributed by atoms with E-state index in [-0.39, 0.29) is 29.1 Å². The van der Waals surface area contributed by atoms with E-state index >= 15 is 0 Å². The van der Waals surface area contributed by atoms with Crippen molar-refractivity contribution in [2.24, 2.45) is 0 Å². The molecule has 2 amide bonds. The number of hydrogen-bond acceptors (Lipinski definition) is 4. The molecule has 3 aromatic rings. The zero-order valence-corrected chi connectivity index (χ0v) is 24.9. The Bertz CT molecular complexity index is 1380. The van der Waals surface area contributed by atoms with Crippen LogP contribution in [-0.2, 0) is 26.2 Å². The van der Waals surface area contributed by atoms with E-state index in [0.29, 0.717) is 27.1 Å². The van der Waals surface area contributed by atoms with Crippen LogP contribution in [0.25, 0.3) is 0 Å². The number of sulfonamides is 1. The van der Waals surface area contributed by atoms with Crippen molar-refractivity contribution in [1.82, 2.24) is 10.2 Å². The first-order valence-electron chi connectivity index (χ1n) is 12.3. The zero-order chi connectivity index (χ0) is 28.7. The lowest BCUT2D eigenvalue weighted by molar-refractivity contribution is -0.139. The Morgan fingerprint density at radius 1 is 0.872 bits per heavy atom. The molecule has 7 nitrogen and oxygen atoms in total. The molecular weight excluding hydrogens is 581 g/mol. The summed E-state index contributed by atoms with van der Waals surface area (Å²) in [6.45, 7) is 4.70. The SMILES string of the molecule is CC[C@@H](C)NC(=O)[C@H](C)N(Cc1c(Cl)cccc1Cl)C(=O)CN(c1ccccc1)S(=O)(=O)c1ccc(Cl)cc1. The average molecular weight is 611 g/mol. The summed E-state index contributed by atoms with van der Waals surface area (Å²) in [4.78, 5) is 28.3. The highest BCUT2D eigenvalue weighted by Gasteiger charge is 2.33. The van der Waals surface area contributed by atoms with Gasteiger partial charge >= 0.3 is 0 Å². The zero-order valence-electron chi connectivity index (χ0n) is 21.8. The standard InChI is InChI=1S/C28H30Cl3N3O4S/c1-4-19(2)32-28(36)20(3)33(17-24-25(30)11-8-12-26(24)31)27(35)18-34(22-9-6-5-7-10-22)39(37,38)23-15-13-21(29)14-16-23/h5-16,19-20H,4,17-18H2,1-3H3,(H,32,36)/t19-,20+/m1/s1. The lowest BCUT2D eigenvalue weighted by atomic mass is 10.1. The van der Waals surface area contributed by atoms with E-state index in [4.69, 9.17) is 34.8 Å². The number of nitrogens with one attached hydrogen (secondary N) is 1. The second-order valence-electron chi connectivity index (χ2n) is 9.02. The van der Waals surface area contributed by atoms with Crippen molar-refractivity contribution in [2.45, 2.75) is 50.7 Å². The fourth-order valence-electron chi connectivity index (χ4n) is 3.76. The maximum Gasteiger partial charge on any atom is 0.264 e. The quantitative estimate of drug-likeness (QED) is 0.281. The fraction of sp³-hybridized carbons (Fsp3) is 0.286. The molecular formula is C28H30Cl3N3O4S. The summed E-state index contributed by atoms with van der Waals surface area (Å²) < 4.78 is 28.5. The third kappa shape index (κ3) is 7.66. The predicted molar refractivity (Wildman–Crippen MR) is 157 cm³/mol. The van der Waals surface area contributed by atoms with Crippen molar-refractivity contribution < 1.29 is 18.0 Å². The number of halogens is 3. The molecule has 1 N–H and O–H groups in total. The van der Waals surface area contributed by atoms with E-state index in [2.05, 4.69) is 5.32 Å². The van der Waals surface area contributed by atoms with Gasteiger partial charge in [-0.15, -0.1) is 0 Å². The van der Waals surface area contributed by atoms with Gasteiger partial charge in [-0.3, -0.25) is 13.9 Å². The van der Waals surface area contributed by atoms with Crippen LogP contribution < -0.4 is 9.62 Å². The topological polar surface area (TPSA) is 86.8 Å². The summed E-state index contributed by atoms with van der Waals surface area (Å²) in [7, 11) is -4.18. The van der Waals surface area contributed by atoms with Gasteiger partial charge in [-0.05, 0) is 68.8 Å². The van der Waals surface area contributed by atoms with Crippen LogP contribution in [0.5, 0.6) is 0 Å². The van der Waals surface area contributed by atoms with Crippen LogP contribution in [-0.4, -0.2) is 43.8 Å². The minimum Gasteiger partial charge on any atom is -0.352 e. The third-order valence-corrected chi connectivity index (χ3v) is 9.03. The molecule has 0 aromatic heterocycles. The van der Waals surface area contributed by atoms with Crippen LogP contribution in [0.2, 0.25) is 15.1 Å². The molecule has 208 valence electrons. The number of carbonyl (C=O) groups excluding carboxylic acids is 2. The van der Waals surface area contributed by atoms with Gasteiger partial charge in [-0.1, -0.05) is 66.0 Å². The van der Waals surface area contributed by atoms with Crippen LogP contribution in [0.4, 0.5) is 5.69 Å². The molecule has 0 heterocycles. The molecule has 0 fully saturated rings. The van der Waals surface area contributed by atoms with Crippen LogP contribution in [0, 0.1) is 0 Å². The number of benzene rings is 3. The number of carbonyl (C=O) groups is 2. The molecule has 0 spiro atoms. The molecule has 3 aromatic carbocycles. The van der Waals surface area contributed by atoms with Crippen molar-refractivity contribution in [1.29, 1.82) is 0 Å².